The van der Waals surface area contributed by atoms with Crippen LogP contribution in [0.2, 0.25) is 0 Å². The number of halogens is 1. The van der Waals surface area contributed by atoms with Crippen molar-refractivity contribution in [3.05, 3.63) is 34.7 Å². The fourth-order valence-corrected chi connectivity index (χ4v) is 2.79. The van der Waals surface area contributed by atoms with Crippen LogP contribution < -0.4 is 5.73 Å². The lowest BCUT2D eigenvalue weighted by atomic mass is 10.1. The Hall–Kier alpha value is -0.570. The third-order valence-corrected chi connectivity index (χ3v) is 3.77. The number of rotatable bonds is 1. The lowest BCUT2D eigenvalue weighted by Crippen LogP contribution is -2.03. The molecular formula is C11H14ClNS. The number of nitrogens with two attached hydrogens (primary N) is 1. The average Bonchev–Trinajstić information content (AvgIpc) is 2.45. The maximum absolute atomic E-state index is 5.89. The van der Waals surface area contributed by atoms with Gasteiger partial charge in [0.2, 0.25) is 0 Å². The van der Waals surface area contributed by atoms with E-state index in [1.54, 1.807) is 11.3 Å². The summed E-state index contributed by atoms with van der Waals surface area (Å²) in [6, 6.07) is 8.61. The molecule has 0 saturated carbocycles. The molecular weight excluding hydrogens is 214 g/mol. The van der Waals surface area contributed by atoms with Crippen LogP contribution >= 0.6 is 23.7 Å². The molecule has 2 aromatic rings. The number of thiophene rings is 1. The van der Waals surface area contributed by atoms with E-state index in [-0.39, 0.29) is 18.4 Å². The molecule has 1 aromatic heterocycles. The van der Waals surface area contributed by atoms with Crippen molar-refractivity contribution in [2.75, 3.05) is 0 Å². The van der Waals surface area contributed by atoms with Gasteiger partial charge in [0.15, 0.2) is 0 Å². The number of hydrogen-bond acceptors (Lipinski definition) is 2. The summed E-state index contributed by atoms with van der Waals surface area (Å²) in [5.41, 5.74) is 7.23. The summed E-state index contributed by atoms with van der Waals surface area (Å²) in [5.74, 6) is 0. The second kappa shape index (κ2) is 4.30. The monoisotopic (exact) mass is 227 g/mol. The summed E-state index contributed by atoms with van der Waals surface area (Å²) in [6.45, 7) is 4.19. The molecule has 1 heterocycles. The van der Waals surface area contributed by atoms with Crippen LogP contribution in [0.25, 0.3) is 10.1 Å². The minimum absolute atomic E-state index is 0. The van der Waals surface area contributed by atoms with Crippen LogP contribution in [0, 0.1) is 6.92 Å². The molecule has 0 aliphatic rings. The molecule has 0 spiro atoms. The zero-order valence-corrected chi connectivity index (χ0v) is 9.91. The van der Waals surface area contributed by atoms with Crippen molar-refractivity contribution in [2.24, 2.45) is 5.73 Å². The lowest BCUT2D eigenvalue weighted by molar-refractivity contribution is 0.832. The number of fused-ring (bicyclic) bond motifs is 1. The summed E-state index contributed by atoms with van der Waals surface area (Å²) in [4.78, 5) is 1.31. The molecule has 0 fully saturated rings. The smallest absolute Gasteiger partial charge is 0.0364 e. The largest absolute Gasteiger partial charge is 0.323 e. The molecule has 2 N–H and O–H groups in total. The van der Waals surface area contributed by atoms with Crippen LogP contribution in [-0.4, -0.2) is 0 Å². The Morgan fingerprint density at radius 3 is 2.50 bits per heavy atom. The summed E-state index contributed by atoms with van der Waals surface area (Å²) >= 11 is 1.81. The minimum Gasteiger partial charge on any atom is -0.323 e. The first-order valence-corrected chi connectivity index (χ1v) is 5.25. The van der Waals surface area contributed by atoms with Crippen molar-refractivity contribution in [1.82, 2.24) is 0 Å². The number of hydrogen-bond donors (Lipinski definition) is 1. The maximum Gasteiger partial charge on any atom is 0.0364 e. The molecule has 3 heteroatoms. The van der Waals surface area contributed by atoms with Crippen molar-refractivity contribution in [1.29, 1.82) is 0 Å². The standard InChI is InChI=1S/C11H13NS.ClH/c1-7-9-5-3-4-6-10(9)13-11(7)8(2)12;/h3-6,8H,12H2,1-2H3;1H/t8-;/m0./s1. The van der Waals surface area contributed by atoms with Crippen LogP contribution in [0.15, 0.2) is 24.3 Å². The maximum atomic E-state index is 5.89. The van der Waals surface area contributed by atoms with Crippen LogP contribution in [0.3, 0.4) is 0 Å². The van der Waals surface area contributed by atoms with E-state index in [4.69, 9.17) is 5.73 Å². The van der Waals surface area contributed by atoms with E-state index in [0.29, 0.717) is 0 Å². The van der Waals surface area contributed by atoms with E-state index in [2.05, 4.69) is 31.2 Å². The highest BCUT2D eigenvalue weighted by atomic mass is 35.5. The molecule has 1 aromatic carbocycles. The van der Waals surface area contributed by atoms with E-state index < -0.39 is 0 Å². The molecule has 14 heavy (non-hydrogen) atoms. The highest BCUT2D eigenvalue weighted by Crippen LogP contribution is 2.33. The molecule has 0 amide bonds. The second-order valence-corrected chi connectivity index (χ2v) is 4.46. The van der Waals surface area contributed by atoms with Crippen molar-refractivity contribution in [2.45, 2.75) is 19.9 Å². The molecule has 1 atom stereocenters. The normalized spacial score (nSPS) is 12.5. The third-order valence-electron chi connectivity index (χ3n) is 2.29. The Kier molecular flexibility index (Phi) is 3.53. The van der Waals surface area contributed by atoms with Crippen molar-refractivity contribution in [3.63, 3.8) is 0 Å². The molecule has 76 valence electrons. The van der Waals surface area contributed by atoms with E-state index >= 15 is 0 Å². The fraction of sp³-hybridized carbons (Fsp3) is 0.273. The summed E-state index contributed by atoms with van der Waals surface area (Å²) < 4.78 is 1.34. The zero-order valence-electron chi connectivity index (χ0n) is 8.28. The van der Waals surface area contributed by atoms with Gasteiger partial charge in [-0.05, 0) is 30.9 Å². The minimum atomic E-state index is 0. The van der Waals surface area contributed by atoms with E-state index in [1.807, 2.05) is 6.92 Å². The predicted octanol–water partition coefficient (Wildman–Crippen LogP) is 3.65. The van der Waals surface area contributed by atoms with Crippen LogP contribution in [0.1, 0.15) is 23.4 Å². The second-order valence-electron chi connectivity index (χ2n) is 3.38. The van der Waals surface area contributed by atoms with Gasteiger partial charge < -0.3 is 5.73 Å². The number of benzene rings is 1. The lowest BCUT2D eigenvalue weighted by Gasteiger charge is -2.01. The third kappa shape index (κ3) is 1.78. The summed E-state index contributed by atoms with van der Waals surface area (Å²) in [5, 5.41) is 1.35. The quantitative estimate of drug-likeness (QED) is 0.791. The van der Waals surface area contributed by atoms with Gasteiger partial charge in [0.1, 0.15) is 0 Å². The first-order chi connectivity index (χ1) is 6.20. The molecule has 2 rings (SSSR count). The van der Waals surface area contributed by atoms with Gasteiger partial charge in [0.05, 0.1) is 0 Å². The fourth-order valence-electron chi connectivity index (χ4n) is 1.63. The van der Waals surface area contributed by atoms with E-state index in [9.17, 15) is 0 Å². The highest BCUT2D eigenvalue weighted by molar-refractivity contribution is 7.19. The van der Waals surface area contributed by atoms with Crippen molar-refractivity contribution < 1.29 is 0 Å². The SMILES string of the molecule is Cc1c([C@H](C)N)sc2ccccc12.Cl. The van der Waals surface area contributed by atoms with Gasteiger partial charge in [0, 0.05) is 15.6 Å². The van der Waals surface area contributed by atoms with Gasteiger partial charge >= 0.3 is 0 Å². The Bertz CT molecular complexity index is 434. The Balaban J connectivity index is 0.000000980. The molecule has 0 bridgehead atoms. The van der Waals surface area contributed by atoms with E-state index in [1.165, 1.54) is 20.5 Å². The summed E-state index contributed by atoms with van der Waals surface area (Å²) in [7, 11) is 0. The van der Waals surface area contributed by atoms with E-state index in [0.717, 1.165) is 0 Å². The average molecular weight is 228 g/mol. The van der Waals surface area contributed by atoms with Gasteiger partial charge in [-0.3, -0.25) is 0 Å². The Morgan fingerprint density at radius 2 is 1.93 bits per heavy atom. The van der Waals surface area contributed by atoms with Gasteiger partial charge in [-0.2, -0.15) is 0 Å². The summed E-state index contributed by atoms with van der Waals surface area (Å²) in [6.07, 6.45) is 0. The highest BCUT2D eigenvalue weighted by Gasteiger charge is 2.10. The van der Waals surface area contributed by atoms with Crippen LogP contribution in [-0.2, 0) is 0 Å². The predicted molar refractivity (Wildman–Crippen MR) is 66.4 cm³/mol. The molecule has 0 unspecified atom stereocenters. The van der Waals surface area contributed by atoms with Gasteiger partial charge in [-0.25, -0.2) is 0 Å². The van der Waals surface area contributed by atoms with Crippen LogP contribution in [0.5, 0.6) is 0 Å². The van der Waals surface area contributed by atoms with Crippen molar-refractivity contribution in [3.8, 4) is 0 Å². The molecule has 0 aliphatic carbocycles. The Labute approximate surface area is 94.3 Å². The van der Waals surface area contributed by atoms with Gasteiger partial charge in [0.25, 0.3) is 0 Å². The van der Waals surface area contributed by atoms with Gasteiger partial charge in [-0.15, -0.1) is 23.7 Å². The zero-order chi connectivity index (χ0) is 9.42. The number of aryl methyl sites for hydroxylation is 1. The Morgan fingerprint density at radius 1 is 1.29 bits per heavy atom. The molecule has 1 nitrogen and oxygen atoms in total. The van der Waals surface area contributed by atoms with Gasteiger partial charge in [-0.1, -0.05) is 18.2 Å². The van der Waals surface area contributed by atoms with Crippen molar-refractivity contribution >= 4 is 33.8 Å². The topological polar surface area (TPSA) is 26.0 Å². The molecule has 0 aliphatic heterocycles. The first-order valence-electron chi connectivity index (χ1n) is 4.43. The molecule has 0 radical (unpaired) electrons. The van der Waals surface area contributed by atoms with Crippen LogP contribution in [0.4, 0.5) is 0 Å². The molecule has 0 saturated heterocycles. The first kappa shape index (κ1) is 11.5.